The second kappa shape index (κ2) is 8.37. The average Bonchev–Trinajstić information content (AvgIpc) is 3.37. The number of rotatable bonds is 5. The van der Waals surface area contributed by atoms with Gasteiger partial charge in [0.1, 0.15) is 5.65 Å². The topological polar surface area (TPSA) is 70.7 Å². The molecule has 2 aromatic rings. The number of H-pyrrole nitrogens is 1. The third kappa shape index (κ3) is 3.91. The van der Waals surface area contributed by atoms with E-state index in [1.54, 1.807) is 0 Å². The maximum Gasteiger partial charge on any atom is 0.251 e. The van der Waals surface area contributed by atoms with Gasteiger partial charge in [-0.05, 0) is 50.8 Å². The second-order valence-corrected chi connectivity index (χ2v) is 8.84. The van der Waals surface area contributed by atoms with E-state index in [-0.39, 0.29) is 18.8 Å². The molecule has 1 atom stereocenters. The first-order valence-corrected chi connectivity index (χ1v) is 11.0. The Labute approximate surface area is 175 Å². The number of hydrogen-bond acceptors (Lipinski definition) is 6. The molecule has 5 rings (SSSR count). The molecule has 3 aliphatic heterocycles. The molecule has 0 bridgehead atoms. The maximum atomic E-state index is 12.8. The lowest BCUT2D eigenvalue weighted by atomic mass is 9.91. The van der Waals surface area contributed by atoms with Crippen molar-refractivity contribution in [1.82, 2.24) is 24.8 Å². The predicted molar refractivity (Wildman–Crippen MR) is 111 cm³/mol. The van der Waals surface area contributed by atoms with Crippen molar-refractivity contribution in [3.05, 3.63) is 24.0 Å². The highest BCUT2D eigenvalue weighted by Gasteiger charge is 2.39. The number of hydrazine groups is 1. The van der Waals surface area contributed by atoms with Gasteiger partial charge in [-0.1, -0.05) is 0 Å². The zero-order valence-electron chi connectivity index (χ0n) is 17.1. The molecular weight excluding hydrogens is 390 g/mol. The van der Waals surface area contributed by atoms with E-state index in [1.807, 2.05) is 17.3 Å². The second-order valence-electron chi connectivity index (χ2n) is 8.84. The Morgan fingerprint density at radius 1 is 1.13 bits per heavy atom. The van der Waals surface area contributed by atoms with Gasteiger partial charge in [0.05, 0.1) is 30.7 Å². The van der Waals surface area contributed by atoms with E-state index in [0.717, 1.165) is 62.0 Å². The van der Waals surface area contributed by atoms with E-state index >= 15 is 0 Å². The van der Waals surface area contributed by atoms with Gasteiger partial charge >= 0.3 is 0 Å². The number of piperidine rings is 2. The molecule has 2 aromatic heterocycles. The molecule has 9 heteroatoms. The van der Waals surface area contributed by atoms with Crippen molar-refractivity contribution in [3.63, 3.8) is 0 Å². The molecule has 3 N–H and O–H groups in total. The Morgan fingerprint density at radius 2 is 1.90 bits per heavy atom. The molecule has 2 fully saturated rings. The summed E-state index contributed by atoms with van der Waals surface area (Å²) >= 11 is 0. The number of pyridine rings is 1. The Bertz CT molecular complexity index is 860. The smallest absolute Gasteiger partial charge is 0.251 e. The largest absolute Gasteiger partial charge is 0.393 e. The van der Waals surface area contributed by atoms with E-state index in [4.69, 9.17) is 0 Å². The highest BCUT2D eigenvalue weighted by Crippen LogP contribution is 2.36. The van der Waals surface area contributed by atoms with Crippen LogP contribution in [0.15, 0.2) is 18.5 Å². The van der Waals surface area contributed by atoms with Gasteiger partial charge in [-0.3, -0.25) is 9.80 Å². The lowest BCUT2D eigenvalue weighted by molar-refractivity contribution is -0.0410. The molecule has 164 valence electrons. The van der Waals surface area contributed by atoms with E-state index in [1.165, 1.54) is 5.56 Å². The molecule has 0 saturated carbocycles. The summed E-state index contributed by atoms with van der Waals surface area (Å²) < 4.78 is 25.6. The molecule has 5 heterocycles. The minimum absolute atomic E-state index is 0.127. The maximum absolute atomic E-state index is 12.8. The normalized spacial score (nSPS) is 23.9. The van der Waals surface area contributed by atoms with Crippen molar-refractivity contribution in [3.8, 4) is 0 Å². The minimum Gasteiger partial charge on any atom is -0.393 e. The molecule has 2 saturated heterocycles. The lowest BCUT2D eigenvalue weighted by Crippen LogP contribution is -2.57. The zero-order valence-corrected chi connectivity index (χ0v) is 17.1. The van der Waals surface area contributed by atoms with Crippen LogP contribution >= 0.6 is 0 Å². The number of fused-ring (bicyclic) bond motifs is 3. The third-order valence-corrected chi connectivity index (χ3v) is 6.93. The first-order valence-electron chi connectivity index (χ1n) is 11.0. The molecule has 0 amide bonds. The number of hydrogen-bond donors (Lipinski definition) is 3. The Kier molecular flexibility index (Phi) is 5.61. The average molecular weight is 421 g/mol. The SMILES string of the molecule is OC1CCN(C(C2CCN(CC(F)F)CC2)N2Cc3c(cnc4[nH]ccc34)N2)CC1. The van der Waals surface area contributed by atoms with Crippen molar-refractivity contribution in [2.75, 3.05) is 38.1 Å². The molecule has 1 unspecified atom stereocenters. The fourth-order valence-electron chi connectivity index (χ4n) is 5.38. The number of aliphatic hydroxyl groups excluding tert-OH is 1. The zero-order chi connectivity index (χ0) is 20.7. The van der Waals surface area contributed by atoms with Crippen LogP contribution in [0.4, 0.5) is 14.5 Å². The molecule has 0 aliphatic carbocycles. The Morgan fingerprint density at radius 3 is 2.63 bits per heavy atom. The van der Waals surface area contributed by atoms with Crippen LogP contribution in [0.3, 0.4) is 0 Å². The Hall–Kier alpha value is -1.81. The summed E-state index contributed by atoms with van der Waals surface area (Å²) in [6, 6.07) is 2.07. The number of alkyl halides is 2. The number of aromatic nitrogens is 2. The molecule has 3 aliphatic rings. The van der Waals surface area contributed by atoms with Gasteiger partial charge in [0.15, 0.2) is 0 Å². The summed E-state index contributed by atoms with van der Waals surface area (Å²) in [4.78, 5) is 12.1. The third-order valence-electron chi connectivity index (χ3n) is 6.93. The first-order chi connectivity index (χ1) is 14.6. The number of halogens is 2. The highest BCUT2D eigenvalue weighted by atomic mass is 19.3. The van der Waals surface area contributed by atoms with E-state index < -0.39 is 6.43 Å². The predicted octanol–water partition coefficient (Wildman–Crippen LogP) is 2.47. The summed E-state index contributed by atoms with van der Waals surface area (Å²) in [5.74, 6) is 0.394. The summed E-state index contributed by atoms with van der Waals surface area (Å²) in [5.41, 5.74) is 6.77. The molecule has 0 radical (unpaired) electrons. The van der Waals surface area contributed by atoms with Crippen LogP contribution in [0.5, 0.6) is 0 Å². The monoisotopic (exact) mass is 420 g/mol. The van der Waals surface area contributed by atoms with E-state index in [2.05, 4.69) is 31.4 Å². The lowest BCUT2D eigenvalue weighted by Gasteiger charge is -2.46. The van der Waals surface area contributed by atoms with Crippen LogP contribution in [0.1, 0.15) is 31.2 Å². The van der Waals surface area contributed by atoms with Crippen molar-refractivity contribution < 1.29 is 13.9 Å². The summed E-state index contributed by atoms with van der Waals surface area (Å²) in [7, 11) is 0. The van der Waals surface area contributed by atoms with Crippen LogP contribution in [0, 0.1) is 5.92 Å². The first kappa shape index (κ1) is 20.1. The van der Waals surface area contributed by atoms with Gasteiger partial charge in [-0.2, -0.15) is 0 Å². The molecular formula is C21H30F2N6O. The summed E-state index contributed by atoms with van der Waals surface area (Å²) in [6.45, 7) is 3.80. The molecule has 0 aromatic carbocycles. The van der Waals surface area contributed by atoms with Gasteiger partial charge in [0, 0.05) is 36.8 Å². The standard InChI is InChI=1S/C21H30F2N6O/c22-19(23)13-27-7-2-14(3-8-27)21(28-9-4-15(30)5-10-28)29-12-17-16-1-6-24-20(16)25-11-18(17)26-29/h1,6,11,14-15,19,21,26,30H,2-5,7-10,12-13H2,(H,24,25). The van der Waals surface area contributed by atoms with Crippen LogP contribution in [0.2, 0.25) is 0 Å². The number of aromatic amines is 1. The van der Waals surface area contributed by atoms with Gasteiger partial charge in [0.25, 0.3) is 6.43 Å². The number of aliphatic hydroxyl groups is 1. The molecule has 0 spiro atoms. The number of likely N-dealkylation sites (tertiary alicyclic amines) is 2. The number of nitrogens with one attached hydrogen (secondary N) is 2. The van der Waals surface area contributed by atoms with E-state index in [0.29, 0.717) is 19.0 Å². The van der Waals surface area contributed by atoms with Gasteiger partial charge < -0.3 is 15.5 Å². The summed E-state index contributed by atoms with van der Waals surface area (Å²) in [6.07, 6.45) is 4.86. The minimum atomic E-state index is -2.27. The highest BCUT2D eigenvalue weighted by molar-refractivity contribution is 5.85. The van der Waals surface area contributed by atoms with Gasteiger partial charge in [0.2, 0.25) is 0 Å². The molecule has 7 nitrogen and oxygen atoms in total. The molecule has 30 heavy (non-hydrogen) atoms. The van der Waals surface area contributed by atoms with Crippen LogP contribution in [-0.2, 0) is 6.54 Å². The number of nitrogens with zero attached hydrogens (tertiary/aromatic N) is 4. The van der Waals surface area contributed by atoms with Crippen LogP contribution in [0.25, 0.3) is 11.0 Å². The number of anilines is 1. The van der Waals surface area contributed by atoms with Gasteiger partial charge in [-0.25, -0.2) is 18.8 Å². The Balaban J connectivity index is 1.35. The summed E-state index contributed by atoms with van der Waals surface area (Å²) in [5, 5.41) is 13.4. The van der Waals surface area contributed by atoms with Crippen LogP contribution in [-0.4, -0.2) is 81.3 Å². The van der Waals surface area contributed by atoms with Gasteiger partial charge in [-0.15, -0.1) is 0 Å². The van der Waals surface area contributed by atoms with Crippen LogP contribution < -0.4 is 5.43 Å². The van der Waals surface area contributed by atoms with Crippen molar-refractivity contribution in [1.29, 1.82) is 0 Å². The fourth-order valence-corrected chi connectivity index (χ4v) is 5.38. The fraction of sp³-hybridized carbons (Fsp3) is 0.667. The van der Waals surface area contributed by atoms with Crippen molar-refractivity contribution >= 4 is 16.7 Å². The quantitative estimate of drug-likeness (QED) is 0.691. The van der Waals surface area contributed by atoms with Crippen molar-refractivity contribution in [2.45, 2.75) is 50.9 Å². The van der Waals surface area contributed by atoms with Crippen molar-refractivity contribution in [2.24, 2.45) is 5.92 Å². The van der Waals surface area contributed by atoms with E-state index in [9.17, 15) is 13.9 Å².